The van der Waals surface area contributed by atoms with Gasteiger partial charge in [0.1, 0.15) is 11.6 Å². The number of benzene rings is 1. The highest BCUT2D eigenvalue weighted by Crippen LogP contribution is 2.17. The van der Waals surface area contributed by atoms with Crippen molar-refractivity contribution in [3.63, 3.8) is 0 Å². The van der Waals surface area contributed by atoms with E-state index in [4.69, 9.17) is 5.73 Å². The minimum atomic E-state index is -0.285. The van der Waals surface area contributed by atoms with Crippen LogP contribution in [0.25, 0.3) is 0 Å². The molecular formula is C10H11FN4. The summed E-state index contributed by atoms with van der Waals surface area (Å²) in [6, 6.07) is 6.50. The lowest BCUT2D eigenvalue weighted by Crippen LogP contribution is -2.01. The molecule has 0 aliphatic heterocycles. The van der Waals surface area contributed by atoms with Gasteiger partial charge in [-0.05, 0) is 18.2 Å². The van der Waals surface area contributed by atoms with Gasteiger partial charge >= 0.3 is 0 Å². The number of nitrogens with two attached hydrogens (primary N) is 1. The summed E-state index contributed by atoms with van der Waals surface area (Å²) in [5, 5.41) is 9.59. The smallest absolute Gasteiger partial charge is 0.127 e. The molecule has 0 unspecified atom stereocenters. The third-order valence-corrected chi connectivity index (χ3v) is 2.05. The molecule has 0 radical (unpaired) electrons. The van der Waals surface area contributed by atoms with Gasteiger partial charge in [0.25, 0.3) is 0 Å². The van der Waals surface area contributed by atoms with Crippen molar-refractivity contribution in [3.8, 4) is 0 Å². The minimum Gasteiger partial charge on any atom is -0.341 e. The van der Waals surface area contributed by atoms with Gasteiger partial charge in [-0.1, -0.05) is 0 Å². The third-order valence-electron chi connectivity index (χ3n) is 2.05. The molecule has 0 aliphatic carbocycles. The fourth-order valence-electron chi connectivity index (χ4n) is 1.29. The molecule has 0 aliphatic rings. The van der Waals surface area contributed by atoms with Crippen molar-refractivity contribution in [1.29, 1.82) is 0 Å². The predicted molar refractivity (Wildman–Crippen MR) is 56.2 cm³/mol. The van der Waals surface area contributed by atoms with Gasteiger partial charge in [0, 0.05) is 23.9 Å². The zero-order valence-corrected chi connectivity index (χ0v) is 8.00. The Morgan fingerprint density at radius 2 is 2.27 bits per heavy atom. The molecule has 15 heavy (non-hydrogen) atoms. The maximum Gasteiger partial charge on any atom is 0.127 e. The molecule has 1 aromatic carbocycles. The lowest BCUT2D eigenvalue weighted by Gasteiger charge is -2.06. The number of anilines is 2. The Balaban J connectivity index is 2.22. The van der Waals surface area contributed by atoms with E-state index >= 15 is 0 Å². The van der Waals surface area contributed by atoms with Gasteiger partial charge in [0.2, 0.25) is 0 Å². The van der Waals surface area contributed by atoms with Crippen molar-refractivity contribution < 1.29 is 4.39 Å². The van der Waals surface area contributed by atoms with Gasteiger partial charge in [-0.25, -0.2) is 4.39 Å². The summed E-state index contributed by atoms with van der Waals surface area (Å²) in [5.74, 6) is 0.470. The van der Waals surface area contributed by atoms with Crippen LogP contribution in [-0.2, 0) is 6.54 Å². The second kappa shape index (κ2) is 4.10. The van der Waals surface area contributed by atoms with Crippen molar-refractivity contribution in [3.05, 3.63) is 41.8 Å². The average Bonchev–Trinajstić information content (AvgIpc) is 2.73. The van der Waals surface area contributed by atoms with Gasteiger partial charge in [-0.3, -0.25) is 5.10 Å². The Hall–Kier alpha value is -1.88. The quantitative estimate of drug-likeness (QED) is 0.716. The molecule has 78 valence electrons. The van der Waals surface area contributed by atoms with Gasteiger partial charge in [-0.2, -0.15) is 5.10 Å². The van der Waals surface area contributed by atoms with Crippen LogP contribution in [-0.4, -0.2) is 10.2 Å². The van der Waals surface area contributed by atoms with Crippen molar-refractivity contribution >= 4 is 11.5 Å². The van der Waals surface area contributed by atoms with E-state index in [1.807, 2.05) is 0 Å². The number of aromatic nitrogens is 2. The molecule has 4 N–H and O–H groups in total. The Morgan fingerprint density at radius 1 is 1.40 bits per heavy atom. The number of hydrogen-bond acceptors (Lipinski definition) is 3. The van der Waals surface area contributed by atoms with Gasteiger partial charge in [0.05, 0.1) is 6.20 Å². The highest BCUT2D eigenvalue weighted by atomic mass is 19.1. The average molecular weight is 206 g/mol. The lowest BCUT2D eigenvalue weighted by molar-refractivity contribution is 0.611. The van der Waals surface area contributed by atoms with Crippen molar-refractivity contribution in [1.82, 2.24) is 10.2 Å². The molecule has 0 saturated heterocycles. The molecule has 0 atom stereocenters. The van der Waals surface area contributed by atoms with Gasteiger partial charge in [-0.15, -0.1) is 0 Å². The van der Waals surface area contributed by atoms with Crippen LogP contribution >= 0.6 is 0 Å². The first kappa shape index (κ1) is 9.67. The van der Waals surface area contributed by atoms with Crippen LogP contribution in [0.15, 0.2) is 30.5 Å². The van der Waals surface area contributed by atoms with Crippen LogP contribution in [0.1, 0.15) is 5.56 Å². The maximum absolute atomic E-state index is 13.1. The normalized spacial score (nSPS) is 10.3. The van der Waals surface area contributed by atoms with E-state index in [1.54, 1.807) is 24.4 Å². The molecule has 2 rings (SSSR count). The van der Waals surface area contributed by atoms with E-state index < -0.39 is 0 Å². The van der Waals surface area contributed by atoms with Crippen molar-refractivity contribution in [2.24, 2.45) is 5.73 Å². The lowest BCUT2D eigenvalue weighted by atomic mass is 10.2. The van der Waals surface area contributed by atoms with Crippen LogP contribution < -0.4 is 11.1 Å². The zero-order valence-electron chi connectivity index (χ0n) is 8.00. The highest BCUT2D eigenvalue weighted by Gasteiger charge is 2.02. The van der Waals surface area contributed by atoms with Crippen LogP contribution in [0.4, 0.5) is 15.9 Å². The van der Waals surface area contributed by atoms with E-state index in [2.05, 4.69) is 15.5 Å². The SMILES string of the molecule is NCc1cc(Nc2ccn[nH]2)ccc1F. The highest BCUT2D eigenvalue weighted by molar-refractivity contribution is 5.56. The number of aromatic amines is 1. The molecule has 1 aromatic heterocycles. The summed E-state index contributed by atoms with van der Waals surface area (Å²) in [6.45, 7) is 0.185. The van der Waals surface area contributed by atoms with Gasteiger partial charge in [0.15, 0.2) is 0 Å². The summed E-state index contributed by atoms with van der Waals surface area (Å²) in [7, 11) is 0. The summed E-state index contributed by atoms with van der Waals surface area (Å²) in [5.41, 5.74) is 6.67. The molecule has 4 nitrogen and oxygen atoms in total. The molecule has 0 spiro atoms. The first-order valence-electron chi connectivity index (χ1n) is 4.54. The molecule has 2 aromatic rings. The number of rotatable bonds is 3. The molecule has 0 saturated carbocycles. The molecule has 0 fully saturated rings. The van der Waals surface area contributed by atoms with E-state index in [0.29, 0.717) is 5.56 Å². The fraction of sp³-hybridized carbons (Fsp3) is 0.100. The van der Waals surface area contributed by atoms with Crippen molar-refractivity contribution in [2.75, 3.05) is 5.32 Å². The number of nitrogens with zero attached hydrogens (tertiary/aromatic N) is 1. The Kier molecular flexibility index (Phi) is 2.64. The molecule has 0 amide bonds. The number of hydrogen-bond donors (Lipinski definition) is 3. The van der Waals surface area contributed by atoms with E-state index in [0.717, 1.165) is 11.5 Å². The van der Waals surface area contributed by atoms with E-state index in [9.17, 15) is 4.39 Å². The third kappa shape index (κ3) is 2.13. The summed E-state index contributed by atoms with van der Waals surface area (Å²) < 4.78 is 13.1. The van der Waals surface area contributed by atoms with Crippen molar-refractivity contribution in [2.45, 2.75) is 6.54 Å². The monoisotopic (exact) mass is 206 g/mol. The Bertz CT molecular complexity index is 439. The number of halogens is 1. The summed E-state index contributed by atoms with van der Waals surface area (Å²) in [6.07, 6.45) is 1.63. The second-order valence-corrected chi connectivity index (χ2v) is 3.11. The summed E-state index contributed by atoms with van der Waals surface area (Å²) >= 11 is 0. The molecule has 5 heteroatoms. The second-order valence-electron chi connectivity index (χ2n) is 3.11. The standard InChI is InChI=1S/C10H11FN4/c11-9-2-1-8(5-7(9)6-12)14-10-3-4-13-15-10/h1-5H,6,12H2,(H2,13,14,15). The molecule has 1 heterocycles. The number of nitrogens with one attached hydrogen (secondary N) is 2. The largest absolute Gasteiger partial charge is 0.341 e. The van der Waals surface area contributed by atoms with Crippen LogP contribution in [0.3, 0.4) is 0 Å². The van der Waals surface area contributed by atoms with Crippen LogP contribution in [0, 0.1) is 5.82 Å². The predicted octanol–water partition coefficient (Wildman–Crippen LogP) is 1.75. The maximum atomic E-state index is 13.1. The van der Waals surface area contributed by atoms with E-state index in [1.165, 1.54) is 6.07 Å². The summed E-state index contributed by atoms with van der Waals surface area (Å²) in [4.78, 5) is 0. The first-order valence-corrected chi connectivity index (χ1v) is 4.54. The molecular weight excluding hydrogens is 195 g/mol. The minimum absolute atomic E-state index is 0.185. The topological polar surface area (TPSA) is 66.7 Å². The van der Waals surface area contributed by atoms with Gasteiger partial charge < -0.3 is 11.1 Å². The van der Waals surface area contributed by atoms with Crippen LogP contribution in [0.2, 0.25) is 0 Å². The fourth-order valence-corrected chi connectivity index (χ4v) is 1.29. The Morgan fingerprint density at radius 3 is 2.93 bits per heavy atom. The van der Waals surface area contributed by atoms with Crippen LogP contribution in [0.5, 0.6) is 0 Å². The Labute approximate surface area is 86.3 Å². The zero-order chi connectivity index (χ0) is 10.7. The van der Waals surface area contributed by atoms with E-state index in [-0.39, 0.29) is 12.4 Å². The first-order chi connectivity index (χ1) is 7.29. The number of H-pyrrole nitrogens is 1. The molecule has 0 bridgehead atoms.